The molecule has 0 bridgehead atoms. The quantitative estimate of drug-likeness (QED) is 0.561. The van der Waals surface area contributed by atoms with E-state index in [1.807, 2.05) is 0 Å². The predicted octanol–water partition coefficient (Wildman–Crippen LogP) is 0.481. The summed E-state index contributed by atoms with van der Waals surface area (Å²) in [5.74, 6) is 0.406. The minimum Gasteiger partial charge on any atom is -0.466 e. The zero-order chi connectivity index (χ0) is 12.3. The predicted molar refractivity (Wildman–Crippen MR) is 60.2 cm³/mol. The van der Waals surface area contributed by atoms with Gasteiger partial charge in [-0.1, -0.05) is 0 Å². The molecule has 1 amide bonds. The molecule has 2 fully saturated rings. The second kappa shape index (κ2) is 5.49. The molecule has 0 aromatic rings. The van der Waals surface area contributed by atoms with Crippen LogP contribution in [0.3, 0.4) is 0 Å². The van der Waals surface area contributed by atoms with Crippen molar-refractivity contribution in [2.24, 2.45) is 11.8 Å². The summed E-state index contributed by atoms with van der Waals surface area (Å²) < 4.78 is 10.1. The lowest BCUT2D eigenvalue weighted by molar-refractivity contribution is -0.146. The molecule has 1 saturated heterocycles. The summed E-state index contributed by atoms with van der Waals surface area (Å²) in [7, 11) is 0. The van der Waals surface area contributed by atoms with Gasteiger partial charge < -0.3 is 14.8 Å². The van der Waals surface area contributed by atoms with Crippen molar-refractivity contribution in [2.45, 2.75) is 32.2 Å². The number of nitrogens with one attached hydrogen (secondary N) is 1. The van der Waals surface area contributed by atoms with Gasteiger partial charge >= 0.3 is 5.97 Å². The number of hydrogen-bond acceptors (Lipinski definition) is 4. The second-order valence-electron chi connectivity index (χ2n) is 4.69. The fraction of sp³-hybridized carbons (Fsp3) is 0.833. The third-order valence-corrected chi connectivity index (χ3v) is 3.31. The van der Waals surface area contributed by atoms with Gasteiger partial charge in [0.15, 0.2) is 0 Å². The van der Waals surface area contributed by atoms with E-state index in [4.69, 9.17) is 9.47 Å². The van der Waals surface area contributed by atoms with Crippen molar-refractivity contribution in [1.82, 2.24) is 5.32 Å². The summed E-state index contributed by atoms with van der Waals surface area (Å²) >= 11 is 0. The number of esters is 1. The molecule has 96 valence electrons. The summed E-state index contributed by atoms with van der Waals surface area (Å²) in [6.07, 6.45) is 2.28. The first kappa shape index (κ1) is 12.4. The fourth-order valence-corrected chi connectivity index (χ4v) is 2.31. The van der Waals surface area contributed by atoms with Gasteiger partial charge in [-0.3, -0.25) is 9.59 Å². The number of carbonyl (C=O) groups is 2. The Morgan fingerprint density at radius 1 is 1.35 bits per heavy atom. The maximum Gasteiger partial charge on any atom is 0.315 e. The van der Waals surface area contributed by atoms with Gasteiger partial charge in [0.2, 0.25) is 5.91 Å². The first-order valence-electron chi connectivity index (χ1n) is 6.23. The molecule has 0 radical (unpaired) electrons. The van der Waals surface area contributed by atoms with E-state index in [-0.39, 0.29) is 18.4 Å². The van der Waals surface area contributed by atoms with E-state index in [2.05, 4.69) is 5.32 Å². The summed E-state index contributed by atoms with van der Waals surface area (Å²) in [6.45, 7) is 3.33. The summed E-state index contributed by atoms with van der Waals surface area (Å²) in [5.41, 5.74) is 0. The number of rotatable bonds is 5. The minimum atomic E-state index is -0.466. The Kier molecular flexibility index (Phi) is 3.99. The molecular formula is C12H19NO4. The molecule has 1 N–H and O–H groups in total. The summed E-state index contributed by atoms with van der Waals surface area (Å²) in [4.78, 5) is 22.7. The zero-order valence-corrected chi connectivity index (χ0v) is 10.1. The Morgan fingerprint density at radius 3 is 2.76 bits per heavy atom. The molecule has 17 heavy (non-hydrogen) atoms. The van der Waals surface area contributed by atoms with Crippen LogP contribution in [0.15, 0.2) is 0 Å². The zero-order valence-electron chi connectivity index (χ0n) is 10.1. The van der Waals surface area contributed by atoms with E-state index in [0.717, 1.165) is 6.61 Å². The molecule has 0 aromatic carbocycles. The van der Waals surface area contributed by atoms with Crippen LogP contribution in [0.25, 0.3) is 0 Å². The van der Waals surface area contributed by atoms with Crippen molar-refractivity contribution < 1.29 is 19.1 Å². The molecule has 5 heteroatoms. The van der Waals surface area contributed by atoms with Crippen molar-refractivity contribution in [3.63, 3.8) is 0 Å². The Morgan fingerprint density at radius 2 is 2.12 bits per heavy atom. The van der Waals surface area contributed by atoms with Crippen molar-refractivity contribution >= 4 is 11.9 Å². The van der Waals surface area contributed by atoms with Crippen molar-refractivity contribution in [1.29, 1.82) is 0 Å². The van der Waals surface area contributed by atoms with Crippen LogP contribution in [-0.2, 0) is 19.1 Å². The maximum atomic E-state index is 11.6. The number of amides is 1. The van der Waals surface area contributed by atoms with E-state index in [1.165, 1.54) is 12.8 Å². The van der Waals surface area contributed by atoms with Crippen LogP contribution in [0.2, 0.25) is 0 Å². The van der Waals surface area contributed by atoms with Crippen molar-refractivity contribution in [3.05, 3.63) is 0 Å². The van der Waals surface area contributed by atoms with Gasteiger partial charge in [-0.15, -0.1) is 0 Å². The first-order valence-corrected chi connectivity index (χ1v) is 6.23. The molecule has 1 aliphatic heterocycles. The number of ether oxygens (including phenoxy) is 2. The molecule has 2 rings (SSSR count). The Bertz CT molecular complexity index is 301. The van der Waals surface area contributed by atoms with Crippen LogP contribution >= 0.6 is 0 Å². The maximum absolute atomic E-state index is 11.6. The van der Waals surface area contributed by atoms with Crippen molar-refractivity contribution in [3.8, 4) is 0 Å². The van der Waals surface area contributed by atoms with Crippen molar-refractivity contribution in [2.75, 3.05) is 19.8 Å². The van der Waals surface area contributed by atoms with Crippen LogP contribution in [-0.4, -0.2) is 37.7 Å². The SMILES string of the molecule is CCOC(=O)CC(=O)NC1COCC1C1CC1. The lowest BCUT2D eigenvalue weighted by Gasteiger charge is -2.18. The van der Waals surface area contributed by atoms with Gasteiger partial charge in [-0.25, -0.2) is 0 Å². The summed E-state index contributed by atoms with van der Waals surface area (Å²) in [5, 5.41) is 2.87. The van der Waals surface area contributed by atoms with E-state index < -0.39 is 5.97 Å². The monoisotopic (exact) mass is 241 g/mol. The highest BCUT2D eigenvalue weighted by atomic mass is 16.5. The van der Waals surface area contributed by atoms with Gasteiger partial charge in [0, 0.05) is 5.92 Å². The molecule has 5 nitrogen and oxygen atoms in total. The first-order chi connectivity index (χ1) is 8.20. The molecule has 2 unspecified atom stereocenters. The Hall–Kier alpha value is -1.10. The molecule has 0 aromatic heterocycles. The highest BCUT2D eigenvalue weighted by molar-refractivity contribution is 5.94. The van der Waals surface area contributed by atoms with Gasteiger partial charge in [0.05, 0.1) is 25.9 Å². The molecular weight excluding hydrogens is 222 g/mol. The van der Waals surface area contributed by atoms with Gasteiger partial charge in [-0.2, -0.15) is 0 Å². The highest BCUT2D eigenvalue weighted by Gasteiger charge is 2.40. The van der Waals surface area contributed by atoms with Gasteiger partial charge in [0.25, 0.3) is 0 Å². The van der Waals surface area contributed by atoms with E-state index >= 15 is 0 Å². The molecule has 0 spiro atoms. The lowest BCUT2D eigenvalue weighted by Crippen LogP contribution is -2.41. The average molecular weight is 241 g/mol. The molecule has 1 aliphatic carbocycles. The minimum absolute atomic E-state index is 0.0735. The fourth-order valence-electron chi connectivity index (χ4n) is 2.31. The molecule has 2 atom stereocenters. The topological polar surface area (TPSA) is 64.6 Å². The summed E-state index contributed by atoms with van der Waals surface area (Å²) in [6, 6.07) is 0.0735. The van der Waals surface area contributed by atoms with Crippen LogP contribution in [0, 0.1) is 11.8 Å². The van der Waals surface area contributed by atoms with Crippen LogP contribution < -0.4 is 5.32 Å². The smallest absolute Gasteiger partial charge is 0.315 e. The Balaban J connectivity index is 1.75. The molecule has 2 aliphatic rings. The second-order valence-corrected chi connectivity index (χ2v) is 4.69. The van der Waals surface area contributed by atoms with Gasteiger partial charge in [-0.05, 0) is 25.7 Å². The average Bonchev–Trinajstić information content (AvgIpc) is 3.00. The van der Waals surface area contributed by atoms with Crippen LogP contribution in [0.1, 0.15) is 26.2 Å². The van der Waals surface area contributed by atoms with Gasteiger partial charge in [0.1, 0.15) is 6.42 Å². The van der Waals surface area contributed by atoms with E-state index in [9.17, 15) is 9.59 Å². The van der Waals surface area contributed by atoms with E-state index in [1.54, 1.807) is 6.92 Å². The third-order valence-electron chi connectivity index (χ3n) is 3.31. The Labute approximate surface area is 101 Å². The van der Waals surface area contributed by atoms with Crippen LogP contribution in [0.5, 0.6) is 0 Å². The van der Waals surface area contributed by atoms with Crippen LogP contribution in [0.4, 0.5) is 0 Å². The standard InChI is InChI=1S/C12H19NO4/c1-2-17-12(15)5-11(14)13-10-7-16-6-9(10)8-3-4-8/h8-10H,2-7H2,1H3,(H,13,14). The molecule has 1 saturated carbocycles. The van der Waals surface area contributed by atoms with E-state index in [0.29, 0.717) is 25.0 Å². The number of hydrogen-bond donors (Lipinski definition) is 1. The third kappa shape index (κ3) is 3.43. The number of carbonyl (C=O) groups excluding carboxylic acids is 2. The largest absolute Gasteiger partial charge is 0.466 e. The molecule has 1 heterocycles. The normalized spacial score (nSPS) is 27.8. The highest BCUT2D eigenvalue weighted by Crippen LogP contribution is 2.40. The lowest BCUT2D eigenvalue weighted by atomic mass is 9.98.